The molecule has 0 spiro atoms. The smallest absolute Gasteiger partial charge is 0.330 e. The van der Waals surface area contributed by atoms with Crippen LogP contribution in [0.15, 0.2) is 64.9 Å². The zero-order valence-corrected chi connectivity index (χ0v) is 24.5. The summed E-state index contributed by atoms with van der Waals surface area (Å²) in [5.74, 6) is 1.57. The molecule has 3 aliphatic heterocycles. The fourth-order valence-corrected chi connectivity index (χ4v) is 5.98. The summed E-state index contributed by atoms with van der Waals surface area (Å²) >= 11 is 0. The number of benzene rings is 1. The lowest BCUT2D eigenvalue weighted by atomic mass is 9.90. The lowest BCUT2D eigenvalue weighted by molar-refractivity contribution is -0.105. The Hall–Kier alpha value is -4.22. The van der Waals surface area contributed by atoms with Crippen LogP contribution in [0.3, 0.4) is 0 Å². The number of carbonyl (C=O) groups excluding carboxylic acids is 4. The van der Waals surface area contributed by atoms with Crippen molar-refractivity contribution in [3.63, 3.8) is 0 Å². The van der Waals surface area contributed by atoms with Gasteiger partial charge in [-0.1, -0.05) is 35.9 Å². The zero-order chi connectivity index (χ0) is 30.8. The number of carbonyl (C=O) groups is 4. The first-order valence-corrected chi connectivity index (χ1v) is 14.6. The monoisotopic (exact) mass is 592 g/mol. The number of hydrogen-bond acceptors (Lipinski definition) is 8. The number of allylic oxidation sites excluding steroid dienone is 6. The van der Waals surface area contributed by atoms with Gasteiger partial charge in [-0.3, -0.25) is 4.79 Å². The van der Waals surface area contributed by atoms with Crippen molar-refractivity contribution < 1.29 is 33.8 Å². The largest absolute Gasteiger partial charge is 0.454 e. The van der Waals surface area contributed by atoms with E-state index in [9.17, 15) is 19.5 Å². The number of nitrogens with zero attached hydrogens (tertiary/aromatic N) is 2. The van der Waals surface area contributed by atoms with Crippen LogP contribution in [0.25, 0.3) is 0 Å². The first kappa shape index (κ1) is 31.7. The number of urea groups is 2. The Morgan fingerprint density at radius 1 is 1.21 bits per heavy atom. The number of likely N-dealkylation sites (tertiary alicyclic amines) is 1. The molecule has 11 nitrogen and oxygen atoms in total. The third-order valence-corrected chi connectivity index (χ3v) is 8.08. The maximum absolute atomic E-state index is 13.3. The lowest BCUT2D eigenvalue weighted by Crippen LogP contribution is -2.54. The molecule has 230 valence electrons. The van der Waals surface area contributed by atoms with E-state index in [0.29, 0.717) is 35.8 Å². The second-order valence-electron chi connectivity index (χ2n) is 10.8. The standard InChI is InChI=1S/C31H38N4O6.CH2O/c1-21-6-2-3-7-23(16-21)22-8-4-13-34(15-11-22)14-5-12-32-30(38)35-29(25(18-36)26(19-37)33-31(35)39)24-9-10-27-28(17-24)41-20-40-27;1-2/h2,6-7,9-10,16-18,22,29,37H,3-5,8,11-15,19-20H2,1H3,(H,32,38)(H,33,39);1H2. The highest BCUT2D eigenvalue weighted by molar-refractivity contribution is 5.99. The maximum atomic E-state index is 13.3. The SMILES string of the molecule is C=O.CC1=CC(C2CCCN(CCCNC(=O)N3C(=O)NC(CO)=C(C=O)C3c3ccc4c(c3)OCO4)CC2)=CCC=C1. The highest BCUT2D eigenvalue weighted by Gasteiger charge is 2.40. The van der Waals surface area contributed by atoms with E-state index >= 15 is 0 Å². The number of rotatable bonds is 8. The number of aliphatic hydroxyl groups is 1. The number of nitrogens with one attached hydrogen (secondary N) is 2. The Balaban J connectivity index is 0.00000207. The number of aldehydes is 1. The van der Waals surface area contributed by atoms with Crippen LogP contribution < -0.4 is 20.1 Å². The molecule has 1 aromatic rings. The average molecular weight is 593 g/mol. The van der Waals surface area contributed by atoms with Gasteiger partial charge in [-0.05, 0) is 87.8 Å². The van der Waals surface area contributed by atoms with E-state index in [4.69, 9.17) is 14.3 Å². The first-order chi connectivity index (χ1) is 21.0. The zero-order valence-electron chi connectivity index (χ0n) is 24.5. The van der Waals surface area contributed by atoms with Crippen molar-refractivity contribution >= 4 is 25.1 Å². The van der Waals surface area contributed by atoms with Gasteiger partial charge in [0.1, 0.15) is 13.1 Å². The Morgan fingerprint density at radius 2 is 2.02 bits per heavy atom. The van der Waals surface area contributed by atoms with Crippen LogP contribution >= 0.6 is 0 Å². The van der Waals surface area contributed by atoms with Crippen molar-refractivity contribution in [1.82, 2.24) is 20.4 Å². The van der Waals surface area contributed by atoms with Crippen molar-refractivity contribution in [3.8, 4) is 11.5 Å². The molecule has 1 saturated heterocycles. The van der Waals surface area contributed by atoms with E-state index in [1.54, 1.807) is 18.2 Å². The number of fused-ring (bicyclic) bond motifs is 1. The quantitative estimate of drug-likeness (QED) is 0.307. The van der Waals surface area contributed by atoms with E-state index in [0.717, 1.165) is 50.2 Å². The van der Waals surface area contributed by atoms with E-state index < -0.39 is 24.7 Å². The molecular formula is C32H40N4O7. The highest BCUT2D eigenvalue weighted by Crippen LogP contribution is 2.39. The summed E-state index contributed by atoms with van der Waals surface area (Å²) in [6.45, 7) is 6.93. The van der Waals surface area contributed by atoms with E-state index in [1.165, 1.54) is 17.6 Å². The second-order valence-corrected chi connectivity index (χ2v) is 10.8. The van der Waals surface area contributed by atoms with Crippen molar-refractivity contribution in [2.45, 2.75) is 45.1 Å². The van der Waals surface area contributed by atoms with Crippen LogP contribution in [0, 0.1) is 5.92 Å². The van der Waals surface area contributed by atoms with Crippen molar-refractivity contribution in [3.05, 3.63) is 70.5 Å². The molecule has 2 atom stereocenters. The predicted octanol–water partition coefficient (Wildman–Crippen LogP) is 3.78. The van der Waals surface area contributed by atoms with Gasteiger partial charge in [0.25, 0.3) is 0 Å². The minimum Gasteiger partial charge on any atom is -0.454 e. The van der Waals surface area contributed by atoms with Gasteiger partial charge in [0.05, 0.1) is 18.3 Å². The molecular weight excluding hydrogens is 552 g/mol. The minimum atomic E-state index is -1.02. The third kappa shape index (κ3) is 7.60. The number of imide groups is 1. The van der Waals surface area contributed by atoms with Gasteiger partial charge in [0, 0.05) is 12.1 Å². The molecule has 0 aromatic heterocycles. The number of hydrogen-bond donors (Lipinski definition) is 3. The molecule has 11 heteroatoms. The van der Waals surface area contributed by atoms with E-state index in [-0.39, 0.29) is 18.1 Å². The van der Waals surface area contributed by atoms with Gasteiger partial charge in [-0.25, -0.2) is 14.5 Å². The number of amides is 4. The second kappa shape index (κ2) is 15.3. The molecule has 0 radical (unpaired) electrons. The summed E-state index contributed by atoms with van der Waals surface area (Å²) in [5, 5.41) is 15.1. The van der Waals surface area contributed by atoms with Crippen molar-refractivity contribution in [1.29, 1.82) is 0 Å². The normalized spacial score (nSPS) is 21.9. The van der Waals surface area contributed by atoms with Crippen LogP contribution in [-0.4, -0.2) is 79.6 Å². The lowest BCUT2D eigenvalue weighted by Gasteiger charge is -2.36. The maximum Gasteiger partial charge on any atom is 0.330 e. The third-order valence-electron chi connectivity index (χ3n) is 8.08. The van der Waals surface area contributed by atoms with Crippen LogP contribution in [0.5, 0.6) is 11.5 Å². The van der Waals surface area contributed by atoms with Gasteiger partial charge in [0.2, 0.25) is 6.79 Å². The molecule has 3 N–H and O–H groups in total. The van der Waals surface area contributed by atoms with Gasteiger partial charge < -0.3 is 34.9 Å². The molecule has 3 heterocycles. The summed E-state index contributed by atoms with van der Waals surface area (Å²) in [7, 11) is 0. The Labute approximate surface area is 251 Å². The Bertz CT molecular complexity index is 1320. The van der Waals surface area contributed by atoms with Gasteiger partial charge in [-0.2, -0.15) is 0 Å². The predicted molar refractivity (Wildman–Crippen MR) is 160 cm³/mol. The molecule has 1 aliphatic carbocycles. The summed E-state index contributed by atoms with van der Waals surface area (Å²) < 4.78 is 10.8. The average Bonchev–Trinajstić information content (AvgIpc) is 3.22. The molecule has 0 saturated carbocycles. The van der Waals surface area contributed by atoms with Crippen LogP contribution in [0.2, 0.25) is 0 Å². The Morgan fingerprint density at radius 3 is 2.81 bits per heavy atom. The number of ether oxygens (including phenoxy) is 2. The molecule has 43 heavy (non-hydrogen) atoms. The summed E-state index contributed by atoms with van der Waals surface area (Å²) in [4.78, 5) is 49.9. The molecule has 1 aromatic carbocycles. The van der Waals surface area contributed by atoms with Gasteiger partial charge >= 0.3 is 12.1 Å². The van der Waals surface area contributed by atoms with Crippen LogP contribution in [0.1, 0.15) is 50.6 Å². The molecule has 4 amide bonds. The van der Waals surface area contributed by atoms with Crippen LogP contribution in [-0.2, 0) is 9.59 Å². The van der Waals surface area contributed by atoms with Crippen molar-refractivity contribution in [2.75, 3.05) is 39.6 Å². The van der Waals surface area contributed by atoms with Gasteiger partial charge in [-0.15, -0.1) is 0 Å². The van der Waals surface area contributed by atoms with E-state index in [1.807, 2.05) is 6.79 Å². The minimum absolute atomic E-state index is 0.0656. The van der Waals surface area contributed by atoms with E-state index in [2.05, 4.69) is 46.8 Å². The molecule has 0 bridgehead atoms. The highest BCUT2D eigenvalue weighted by atomic mass is 16.7. The number of aliphatic hydroxyl groups excluding tert-OH is 1. The molecule has 4 aliphatic rings. The molecule has 1 fully saturated rings. The Kier molecular flexibility index (Phi) is 11.3. The van der Waals surface area contributed by atoms with Crippen molar-refractivity contribution in [2.24, 2.45) is 5.92 Å². The fourth-order valence-electron chi connectivity index (χ4n) is 5.98. The first-order valence-electron chi connectivity index (χ1n) is 14.6. The summed E-state index contributed by atoms with van der Waals surface area (Å²) in [6, 6.07) is 2.65. The summed E-state index contributed by atoms with van der Waals surface area (Å²) in [5.41, 5.74) is 3.42. The molecule has 5 rings (SSSR count). The van der Waals surface area contributed by atoms with Crippen LogP contribution in [0.4, 0.5) is 9.59 Å². The summed E-state index contributed by atoms with van der Waals surface area (Å²) in [6.07, 6.45) is 14.8. The topological polar surface area (TPSA) is 138 Å². The molecule has 2 unspecified atom stereocenters. The fraction of sp³-hybridized carbons (Fsp3) is 0.438. The van der Waals surface area contributed by atoms with Gasteiger partial charge in [0.15, 0.2) is 11.5 Å².